The van der Waals surface area contributed by atoms with E-state index < -0.39 is 0 Å². The molecule has 6 heteroatoms. The number of nitrogens with one attached hydrogen (secondary N) is 1. The molecule has 1 fully saturated rings. The molecule has 0 saturated carbocycles. The molecule has 132 valence electrons. The second-order valence-electron chi connectivity index (χ2n) is 6.51. The van der Waals surface area contributed by atoms with E-state index in [2.05, 4.69) is 27.0 Å². The van der Waals surface area contributed by atoms with Crippen molar-refractivity contribution in [1.29, 1.82) is 0 Å². The van der Waals surface area contributed by atoms with Crippen molar-refractivity contribution in [3.63, 3.8) is 0 Å². The number of rotatable bonds is 5. The molecule has 5 nitrogen and oxygen atoms in total. The summed E-state index contributed by atoms with van der Waals surface area (Å²) in [5.74, 6) is -0.121. The van der Waals surface area contributed by atoms with E-state index in [9.17, 15) is 9.59 Å². The van der Waals surface area contributed by atoms with Crippen LogP contribution in [0.4, 0.5) is 5.69 Å². The molecule has 1 aliphatic rings. The van der Waals surface area contributed by atoms with Crippen LogP contribution in [0, 0.1) is 0 Å². The Balaban J connectivity index is 1.63. The quantitative estimate of drug-likeness (QED) is 0.894. The Hall–Kier alpha value is -2.18. The van der Waals surface area contributed by atoms with Crippen molar-refractivity contribution in [3.05, 3.63) is 52.2 Å². The minimum atomic E-state index is -0.0758. The van der Waals surface area contributed by atoms with E-state index in [1.54, 1.807) is 43.6 Å². The molecule has 0 spiro atoms. The highest BCUT2D eigenvalue weighted by Gasteiger charge is 2.27. The van der Waals surface area contributed by atoms with Crippen LogP contribution in [-0.2, 0) is 4.79 Å². The summed E-state index contributed by atoms with van der Waals surface area (Å²) in [5.41, 5.74) is 2.53. The van der Waals surface area contributed by atoms with Crippen LogP contribution in [0.25, 0.3) is 0 Å². The number of nitrogens with zero attached hydrogens (tertiary/aromatic N) is 2. The second kappa shape index (κ2) is 7.80. The van der Waals surface area contributed by atoms with Gasteiger partial charge in [0.15, 0.2) is 0 Å². The molecule has 3 rings (SSSR count). The molecular weight excluding hydrogens is 334 g/mol. The van der Waals surface area contributed by atoms with Gasteiger partial charge in [-0.05, 0) is 60.0 Å². The SMILES string of the molecule is CN(C)C(=O)c1cccc(NC(=O)CN2CCCC2c2ccsc2)c1. The molecule has 1 aromatic heterocycles. The molecule has 1 atom stereocenters. The minimum Gasteiger partial charge on any atom is -0.345 e. The third-order valence-corrected chi connectivity index (χ3v) is 5.14. The number of hydrogen-bond acceptors (Lipinski definition) is 4. The van der Waals surface area contributed by atoms with Crippen molar-refractivity contribution in [1.82, 2.24) is 9.80 Å². The third-order valence-electron chi connectivity index (χ3n) is 4.44. The number of amides is 2. The van der Waals surface area contributed by atoms with Gasteiger partial charge in [0.1, 0.15) is 0 Å². The van der Waals surface area contributed by atoms with Gasteiger partial charge >= 0.3 is 0 Å². The average Bonchev–Trinajstić information content (AvgIpc) is 3.25. The van der Waals surface area contributed by atoms with E-state index >= 15 is 0 Å². The highest BCUT2D eigenvalue weighted by atomic mass is 32.1. The fourth-order valence-electron chi connectivity index (χ4n) is 3.23. The predicted octanol–water partition coefficient (Wildman–Crippen LogP) is 3.23. The fourth-order valence-corrected chi connectivity index (χ4v) is 3.94. The highest BCUT2D eigenvalue weighted by Crippen LogP contribution is 2.32. The minimum absolute atomic E-state index is 0.0448. The van der Waals surface area contributed by atoms with Crippen molar-refractivity contribution in [2.75, 3.05) is 32.5 Å². The molecule has 2 aromatic rings. The van der Waals surface area contributed by atoms with E-state index in [4.69, 9.17) is 0 Å². The number of carbonyl (C=O) groups excluding carboxylic acids is 2. The molecule has 1 unspecified atom stereocenters. The van der Waals surface area contributed by atoms with Crippen LogP contribution in [-0.4, -0.2) is 48.8 Å². The molecule has 25 heavy (non-hydrogen) atoms. The lowest BCUT2D eigenvalue weighted by atomic mass is 10.1. The number of anilines is 1. The van der Waals surface area contributed by atoms with Gasteiger partial charge in [0, 0.05) is 31.4 Å². The number of benzene rings is 1. The molecule has 0 aliphatic carbocycles. The largest absolute Gasteiger partial charge is 0.345 e. The molecule has 2 heterocycles. The van der Waals surface area contributed by atoms with Gasteiger partial charge in [-0.3, -0.25) is 14.5 Å². The second-order valence-corrected chi connectivity index (χ2v) is 7.29. The van der Waals surface area contributed by atoms with Gasteiger partial charge in [0.05, 0.1) is 6.54 Å². The van der Waals surface area contributed by atoms with E-state index in [1.165, 1.54) is 10.5 Å². The van der Waals surface area contributed by atoms with Gasteiger partial charge in [0.2, 0.25) is 5.91 Å². The van der Waals surface area contributed by atoms with Gasteiger partial charge in [-0.15, -0.1) is 0 Å². The van der Waals surface area contributed by atoms with Crippen LogP contribution in [0.2, 0.25) is 0 Å². The lowest BCUT2D eigenvalue weighted by Crippen LogP contribution is -2.32. The molecule has 0 radical (unpaired) electrons. The van der Waals surface area contributed by atoms with E-state index in [0.717, 1.165) is 19.4 Å². The Labute approximate surface area is 152 Å². The van der Waals surface area contributed by atoms with E-state index in [0.29, 0.717) is 23.8 Å². The topological polar surface area (TPSA) is 52.7 Å². The van der Waals surface area contributed by atoms with Gasteiger partial charge in [-0.1, -0.05) is 6.07 Å². The first-order chi connectivity index (χ1) is 12.0. The molecule has 1 aromatic carbocycles. The van der Waals surface area contributed by atoms with Crippen LogP contribution >= 0.6 is 11.3 Å². The normalized spacial score (nSPS) is 17.4. The Morgan fingerprint density at radius 2 is 2.16 bits per heavy atom. The van der Waals surface area contributed by atoms with Crippen LogP contribution in [0.3, 0.4) is 0 Å². The first-order valence-corrected chi connectivity index (χ1v) is 9.36. The Kier molecular flexibility index (Phi) is 5.50. The Morgan fingerprint density at radius 3 is 2.88 bits per heavy atom. The fraction of sp³-hybridized carbons (Fsp3) is 0.368. The third kappa shape index (κ3) is 4.27. The van der Waals surface area contributed by atoms with Gasteiger partial charge < -0.3 is 10.2 Å². The van der Waals surface area contributed by atoms with Crippen molar-refractivity contribution in [2.45, 2.75) is 18.9 Å². The van der Waals surface area contributed by atoms with Crippen LogP contribution in [0.15, 0.2) is 41.1 Å². The van der Waals surface area contributed by atoms with E-state index in [-0.39, 0.29) is 11.8 Å². The van der Waals surface area contributed by atoms with Gasteiger partial charge in [-0.2, -0.15) is 11.3 Å². The molecule has 2 amide bonds. The van der Waals surface area contributed by atoms with E-state index in [1.807, 2.05) is 6.07 Å². The summed E-state index contributed by atoms with van der Waals surface area (Å²) in [4.78, 5) is 28.2. The number of thiophene rings is 1. The zero-order chi connectivity index (χ0) is 17.8. The van der Waals surface area contributed by atoms with Crippen LogP contribution in [0.1, 0.15) is 34.8 Å². The summed E-state index contributed by atoms with van der Waals surface area (Å²) in [6, 6.07) is 9.55. The summed E-state index contributed by atoms with van der Waals surface area (Å²) in [6.45, 7) is 1.31. The Bertz CT molecular complexity index is 743. The summed E-state index contributed by atoms with van der Waals surface area (Å²) in [5, 5.41) is 7.17. The van der Waals surface area contributed by atoms with Crippen molar-refractivity contribution >= 4 is 28.8 Å². The molecule has 1 N–H and O–H groups in total. The molecular formula is C19H23N3O2S. The summed E-state index contributed by atoms with van der Waals surface area (Å²) >= 11 is 1.69. The summed E-state index contributed by atoms with van der Waals surface area (Å²) in [6.07, 6.45) is 2.21. The van der Waals surface area contributed by atoms with Gasteiger partial charge in [-0.25, -0.2) is 0 Å². The first kappa shape index (κ1) is 17.6. The summed E-state index contributed by atoms with van der Waals surface area (Å²) < 4.78 is 0. The maximum Gasteiger partial charge on any atom is 0.253 e. The number of carbonyl (C=O) groups is 2. The molecule has 0 bridgehead atoms. The molecule has 1 saturated heterocycles. The summed E-state index contributed by atoms with van der Waals surface area (Å²) in [7, 11) is 3.43. The molecule has 1 aliphatic heterocycles. The Morgan fingerprint density at radius 1 is 1.32 bits per heavy atom. The standard InChI is InChI=1S/C19H23N3O2S/c1-21(2)19(24)14-5-3-6-16(11-14)20-18(23)12-22-9-4-7-17(22)15-8-10-25-13-15/h3,5-6,8,10-11,13,17H,4,7,9,12H2,1-2H3,(H,20,23). The van der Waals surface area contributed by atoms with Crippen LogP contribution in [0.5, 0.6) is 0 Å². The monoisotopic (exact) mass is 357 g/mol. The number of hydrogen-bond donors (Lipinski definition) is 1. The zero-order valence-electron chi connectivity index (χ0n) is 14.6. The number of likely N-dealkylation sites (tertiary alicyclic amines) is 1. The average molecular weight is 357 g/mol. The zero-order valence-corrected chi connectivity index (χ0v) is 15.4. The van der Waals surface area contributed by atoms with Crippen molar-refractivity contribution in [3.8, 4) is 0 Å². The maximum atomic E-state index is 12.5. The lowest BCUT2D eigenvalue weighted by Gasteiger charge is -2.23. The van der Waals surface area contributed by atoms with Crippen molar-refractivity contribution in [2.24, 2.45) is 0 Å². The maximum absolute atomic E-state index is 12.5. The van der Waals surface area contributed by atoms with Crippen molar-refractivity contribution < 1.29 is 9.59 Å². The predicted molar refractivity (Wildman–Crippen MR) is 101 cm³/mol. The first-order valence-electron chi connectivity index (χ1n) is 8.42. The van der Waals surface area contributed by atoms with Crippen LogP contribution < -0.4 is 5.32 Å². The lowest BCUT2D eigenvalue weighted by molar-refractivity contribution is -0.117. The smallest absolute Gasteiger partial charge is 0.253 e. The highest BCUT2D eigenvalue weighted by molar-refractivity contribution is 7.07. The van der Waals surface area contributed by atoms with Gasteiger partial charge in [0.25, 0.3) is 5.91 Å².